The Labute approximate surface area is 259 Å². The van der Waals surface area contributed by atoms with Gasteiger partial charge in [0.1, 0.15) is 29.9 Å². The lowest BCUT2D eigenvalue weighted by Crippen LogP contribution is -2.63. The number of Topliss-reactive ketones (excluding diaryl/α,β-unsaturated/α-hetero) is 1. The summed E-state index contributed by atoms with van der Waals surface area (Å²) in [6.45, 7) is 3.76. The van der Waals surface area contributed by atoms with Crippen molar-refractivity contribution in [1.82, 2.24) is 9.80 Å². The molecule has 2 fully saturated rings. The minimum absolute atomic E-state index is 0.0488. The Bertz CT molecular complexity index is 1580. The van der Waals surface area contributed by atoms with E-state index in [-0.39, 0.29) is 28.7 Å². The normalized spacial score (nSPS) is 32.2. The number of aryl methyl sites for hydroxylation is 1. The zero-order valence-corrected chi connectivity index (χ0v) is 25.3. The quantitative estimate of drug-likeness (QED) is 0.206. The molecule has 0 saturated carbocycles. The Kier molecular flexibility index (Phi) is 8.11. The number of hydrogen-bond acceptors (Lipinski definition) is 13. The van der Waals surface area contributed by atoms with Gasteiger partial charge in [-0.3, -0.25) is 19.3 Å². The van der Waals surface area contributed by atoms with Crippen LogP contribution < -0.4 is 0 Å². The lowest BCUT2D eigenvalue weighted by Gasteiger charge is -2.48. The molecule has 2 heterocycles. The molecule has 6 rings (SSSR count). The van der Waals surface area contributed by atoms with Crippen LogP contribution in [0.5, 0.6) is 11.5 Å². The van der Waals surface area contributed by atoms with E-state index in [1.807, 2.05) is 11.9 Å². The highest BCUT2D eigenvalue weighted by atomic mass is 16.7. The SMILES string of the molecule is Cc1cccc2c1C(=O)c1c(O)c3c(c(O)c1C2=O)CC(O)(C(=O)CO)CC3OC1CC(N2CCN(C)CC2O)C(O)C(C)O1. The predicted octanol–water partition coefficient (Wildman–Crippen LogP) is -0.0918. The summed E-state index contributed by atoms with van der Waals surface area (Å²) in [4.78, 5) is 44.0. The van der Waals surface area contributed by atoms with Gasteiger partial charge in [-0.25, -0.2) is 0 Å². The molecule has 242 valence electrons. The van der Waals surface area contributed by atoms with Crippen LogP contribution in [0.4, 0.5) is 0 Å². The molecule has 13 heteroatoms. The summed E-state index contributed by atoms with van der Waals surface area (Å²) in [5.74, 6) is -3.63. The standard InChI is InChI=1S/C32H38N2O11/c1-14-5-4-6-16-23(14)30(41)26-25(28(16)39)29(40)17-10-32(43,20(36)13-35)11-19(24(17)31(26)42)45-22-9-18(27(38)15(2)44-22)34-8-7-33(3)12-21(34)37/h4-6,15,18-19,21-22,27,35,37-38,40,42-43H,7-13H2,1-3H3. The van der Waals surface area contributed by atoms with Crippen molar-refractivity contribution in [2.45, 2.75) is 75.6 Å². The first kappa shape index (κ1) is 31.7. The van der Waals surface area contributed by atoms with Crippen LogP contribution in [0.3, 0.4) is 0 Å². The molecular formula is C32H38N2O11. The van der Waals surface area contributed by atoms with Crippen LogP contribution in [0.1, 0.15) is 74.4 Å². The third-order valence-corrected chi connectivity index (χ3v) is 9.78. The smallest absolute Gasteiger partial charge is 0.198 e. The fraction of sp³-hybridized carbons (Fsp3) is 0.531. The summed E-state index contributed by atoms with van der Waals surface area (Å²) < 4.78 is 12.3. The molecule has 0 radical (unpaired) electrons. The first-order valence-corrected chi connectivity index (χ1v) is 15.0. The molecule has 6 N–H and O–H groups in total. The lowest BCUT2D eigenvalue weighted by molar-refractivity contribution is -0.266. The summed E-state index contributed by atoms with van der Waals surface area (Å²) in [5, 5.41) is 66.1. The van der Waals surface area contributed by atoms with Gasteiger partial charge in [0.15, 0.2) is 23.6 Å². The Morgan fingerprint density at radius 2 is 1.80 bits per heavy atom. The maximum Gasteiger partial charge on any atom is 0.198 e. The second kappa shape index (κ2) is 11.5. The van der Waals surface area contributed by atoms with Crippen LogP contribution >= 0.6 is 0 Å². The molecular weight excluding hydrogens is 588 g/mol. The number of aliphatic hydroxyl groups excluding tert-OH is 3. The summed E-state index contributed by atoms with van der Waals surface area (Å²) in [6, 6.07) is 4.11. The molecule has 2 aliphatic heterocycles. The summed E-state index contributed by atoms with van der Waals surface area (Å²) >= 11 is 0. The number of piperazine rings is 1. The monoisotopic (exact) mass is 626 g/mol. The number of carbonyl (C=O) groups is 3. The number of rotatable bonds is 5. The molecule has 45 heavy (non-hydrogen) atoms. The van der Waals surface area contributed by atoms with Gasteiger partial charge in [-0.1, -0.05) is 18.2 Å². The van der Waals surface area contributed by atoms with E-state index in [9.17, 15) is 45.0 Å². The first-order valence-electron chi connectivity index (χ1n) is 15.0. The van der Waals surface area contributed by atoms with Crippen LogP contribution in [-0.4, -0.2) is 127 Å². The van der Waals surface area contributed by atoms with Gasteiger partial charge in [-0.15, -0.1) is 0 Å². The molecule has 2 aromatic carbocycles. The molecule has 0 spiro atoms. The van der Waals surface area contributed by atoms with Gasteiger partial charge in [0.25, 0.3) is 0 Å². The fourth-order valence-corrected chi connectivity index (χ4v) is 7.35. The van der Waals surface area contributed by atoms with Crippen molar-refractivity contribution in [3.63, 3.8) is 0 Å². The number of ether oxygens (including phenoxy) is 2. The number of likely N-dealkylation sites (N-methyl/N-ethyl adjacent to an activating group) is 1. The maximum atomic E-state index is 13.8. The highest BCUT2D eigenvalue weighted by Crippen LogP contribution is 2.52. The minimum Gasteiger partial charge on any atom is -0.507 e. The van der Waals surface area contributed by atoms with Gasteiger partial charge in [0.05, 0.1) is 29.4 Å². The zero-order chi connectivity index (χ0) is 32.5. The molecule has 0 amide bonds. The topological polar surface area (TPSA) is 198 Å². The third-order valence-electron chi connectivity index (χ3n) is 9.78. The van der Waals surface area contributed by atoms with Gasteiger partial charge in [-0.2, -0.15) is 0 Å². The van der Waals surface area contributed by atoms with Crippen LogP contribution in [0.25, 0.3) is 0 Å². The number of phenols is 2. The van der Waals surface area contributed by atoms with E-state index in [0.29, 0.717) is 25.2 Å². The second-order valence-electron chi connectivity index (χ2n) is 12.7. The highest BCUT2D eigenvalue weighted by molar-refractivity contribution is 6.31. The number of β-amino-alcohol motifs (C(OH)–C–C–N with tert-alkyl or cyclic N) is 1. The van der Waals surface area contributed by atoms with Gasteiger partial charge < -0.3 is 45.0 Å². The third kappa shape index (κ3) is 5.07. The predicted molar refractivity (Wildman–Crippen MR) is 156 cm³/mol. The Hall–Kier alpha value is -3.27. The van der Waals surface area contributed by atoms with E-state index in [2.05, 4.69) is 0 Å². The highest BCUT2D eigenvalue weighted by Gasteiger charge is 2.50. The second-order valence-corrected chi connectivity index (χ2v) is 12.7. The van der Waals surface area contributed by atoms with Gasteiger partial charge in [-0.05, 0) is 26.5 Å². The largest absolute Gasteiger partial charge is 0.507 e. The van der Waals surface area contributed by atoms with Crippen LogP contribution in [0.15, 0.2) is 18.2 Å². The van der Waals surface area contributed by atoms with E-state index >= 15 is 0 Å². The van der Waals surface area contributed by atoms with Gasteiger partial charge in [0, 0.05) is 67.2 Å². The van der Waals surface area contributed by atoms with E-state index in [1.54, 1.807) is 30.9 Å². The van der Waals surface area contributed by atoms with Crippen molar-refractivity contribution in [2.75, 3.05) is 33.3 Å². The molecule has 0 aromatic heterocycles. The zero-order valence-electron chi connectivity index (χ0n) is 25.3. The first-order chi connectivity index (χ1) is 21.3. The molecule has 4 aliphatic rings. The average Bonchev–Trinajstić information content (AvgIpc) is 2.98. The number of nitrogens with zero attached hydrogens (tertiary/aromatic N) is 2. The summed E-state index contributed by atoms with van der Waals surface area (Å²) in [5.41, 5.74) is -2.71. The summed E-state index contributed by atoms with van der Waals surface area (Å²) in [7, 11) is 1.88. The van der Waals surface area contributed by atoms with Crippen molar-refractivity contribution < 1.29 is 54.5 Å². The van der Waals surface area contributed by atoms with Crippen molar-refractivity contribution in [3.8, 4) is 11.5 Å². The van der Waals surface area contributed by atoms with E-state index in [1.165, 1.54) is 6.07 Å². The summed E-state index contributed by atoms with van der Waals surface area (Å²) in [6.07, 6.45) is -6.00. The number of phenolic OH excluding ortho intramolecular Hbond substituents is 2. The van der Waals surface area contributed by atoms with Crippen molar-refractivity contribution >= 4 is 17.3 Å². The van der Waals surface area contributed by atoms with E-state index in [4.69, 9.17) is 9.47 Å². The number of carbonyl (C=O) groups excluding carboxylic acids is 3. The number of benzene rings is 2. The van der Waals surface area contributed by atoms with E-state index < -0.39 is 102 Å². The molecule has 13 nitrogen and oxygen atoms in total. The van der Waals surface area contributed by atoms with Gasteiger partial charge in [0.2, 0.25) is 0 Å². The molecule has 7 atom stereocenters. The molecule has 2 aromatic rings. The van der Waals surface area contributed by atoms with Gasteiger partial charge >= 0.3 is 0 Å². The van der Waals surface area contributed by atoms with E-state index in [0.717, 1.165) is 0 Å². The van der Waals surface area contributed by atoms with Crippen LogP contribution in [-0.2, 0) is 20.7 Å². The number of hydrogen-bond donors (Lipinski definition) is 6. The number of aliphatic hydroxyl groups is 4. The van der Waals surface area contributed by atoms with Crippen molar-refractivity contribution in [1.29, 1.82) is 0 Å². The van der Waals surface area contributed by atoms with Crippen molar-refractivity contribution in [2.24, 2.45) is 0 Å². The van der Waals surface area contributed by atoms with Crippen molar-refractivity contribution in [3.05, 3.63) is 57.1 Å². The maximum absolute atomic E-state index is 13.8. The molecule has 2 saturated heterocycles. The Balaban J connectivity index is 1.43. The molecule has 7 unspecified atom stereocenters. The Morgan fingerprint density at radius 1 is 1.09 bits per heavy atom. The number of fused-ring (bicyclic) bond motifs is 3. The minimum atomic E-state index is -2.26. The fourth-order valence-electron chi connectivity index (χ4n) is 7.35. The van der Waals surface area contributed by atoms with Crippen LogP contribution in [0, 0.1) is 6.92 Å². The molecule has 2 aliphatic carbocycles. The lowest BCUT2D eigenvalue weighted by atomic mass is 9.71. The van der Waals surface area contributed by atoms with Crippen LogP contribution in [0.2, 0.25) is 0 Å². The average molecular weight is 627 g/mol. The Morgan fingerprint density at radius 3 is 2.49 bits per heavy atom. The number of ketones is 3. The number of aromatic hydroxyl groups is 2. The molecule has 0 bridgehead atoms.